The molecule has 1 aliphatic heterocycles. The van der Waals surface area contributed by atoms with Crippen LogP contribution in [-0.4, -0.2) is 55.7 Å². The zero-order valence-corrected chi connectivity index (χ0v) is 11.8. The summed E-state index contributed by atoms with van der Waals surface area (Å²) >= 11 is 0. The van der Waals surface area contributed by atoms with E-state index in [2.05, 4.69) is 31.0 Å². The first-order chi connectivity index (χ1) is 8.50. The third kappa shape index (κ3) is 5.33. The Balaban J connectivity index is 2.24. The third-order valence-corrected chi connectivity index (χ3v) is 3.30. The molecule has 0 spiro atoms. The first-order valence-corrected chi connectivity index (χ1v) is 6.85. The molecule has 1 unspecified atom stereocenters. The minimum atomic E-state index is -0.387. The summed E-state index contributed by atoms with van der Waals surface area (Å²) in [6, 6.07) is -0.0500. The molecular formula is C13H27N3O2. The van der Waals surface area contributed by atoms with E-state index in [-0.39, 0.29) is 11.9 Å². The molecule has 0 aromatic heterocycles. The topological polar surface area (TPSA) is 67.6 Å². The lowest BCUT2D eigenvalue weighted by molar-refractivity contribution is -0.123. The smallest absolute Gasteiger partial charge is 0.236 e. The largest absolute Gasteiger partial charge is 0.379 e. The zero-order valence-electron chi connectivity index (χ0n) is 11.8. The third-order valence-electron chi connectivity index (χ3n) is 3.30. The second kappa shape index (κ2) is 7.71. The van der Waals surface area contributed by atoms with E-state index in [4.69, 9.17) is 10.5 Å². The average molecular weight is 257 g/mol. The predicted molar refractivity (Wildman–Crippen MR) is 72.3 cm³/mol. The second-order valence-corrected chi connectivity index (χ2v) is 5.48. The van der Waals surface area contributed by atoms with Crippen molar-refractivity contribution in [2.24, 2.45) is 11.7 Å². The van der Waals surface area contributed by atoms with E-state index >= 15 is 0 Å². The summed E-state index contributed by atoms with van der Waals surface area (Å²) in [4.78, 5) is 14.1. The second-order valence-electron chi connectivity index (χ2n) is 5.48. The number of amides is 1. The molecule has 18 heavy (non-hydrogen) atoms. The van der Waals surface area contributed by atoms with E-state index in [1.54, 1.807) is 0 Å². The van der Waals surface area contributed by atoms with E-state index in [0.717, 1.165) is 32.7 Å². The normalized spacial score (nSPS) is 20.7. The highest BCUT2D eigenvalue weighted by Gasteiger charge is 2.19. The van der Waals surface area contributed by atoms with Gasteiger partial charge in [0.05, 0.1) is 19.3 Å². The van der Waals surface area contributed by atoms with Crippen LogP contribution in [0, 0.1) is 5.92 Å². The van der Waals surface area contributed by atoms with Crippen LogP contribution in [0.5, 0.6) is 0 Å². The summed E-state index contributed by atoms with van der Waals surface area (Å²) in [6.07, 6.45) is 0.734. The van der Waals surface area contributed by atoms with Crippen molar-refractivity contribution in [2.45, 2.75) is 39.3 Å². The van der Waals surface area contributed by atoms with E-state index in [9.17, 15) is 4.79 Å². The van der Waals surface area contributed by atoms with Crippen LogP contribution in [0.3, 0.4) is 0 Å². The van der Waals surface area contributed by atoms with Crippen molar-refractivity contribution >= 4 is 5.91 Å². The Labute approximate surface area is 110 Å². The number of hydrogen-bond acceptors (Lipinski definition) is 4. The Morgan fingerprint density at radius 1 is 1.33 bits per heavy atom. The van der Waals surface area contributed by atoms with Crippen molar-refractivity contribution in [1.29, 1.82) is 0 Å². The highest BCUT2D eigenvalue weighted by molar-refractivity contribution is 5.81. The van der Waals surface area contributed by atoms with Crippen molar-refractivity contribution in [2.75, 3.05) is 32.8 Å². The molecule has 1 heterocycles. The van der Waals surface area contributed by atoms with Gasteiger partial charge in [-0.25, -0.2) is 0 Å². The minimum Gasteiger partial charge on any atom is -0.379 e. The summed E-state index contributed by atoms with van der Waals surface area (Å²) in [5, 5.41) is 2.94. The number of rotatable bonds is 6. The molecular weight excluding hydrogens is 230 g/mol. The van der Waals surface area contributed by atoms with Gasteiger partial charge in [0.1, 0.15) is 0 Å². The van der Waals surface area contributed by atoms with Gasteiger partial charge < -0.3 is 15.8 Å². The fraction of sp³-hybridized carbons (Fsp3) is 0.923. The number of ether oxygens (including phenoxy) is 1. The van der Waals surface area contributed by atoms with Crippen molar-refractivity contribution in [3.63, 3.8) is 0 Å². The molecule has 1 rings (SSSR count). The van der Waals surface area contributed by atoms with Crippen molar-refractivity contribution in [1.82, 2.24) is 10.2 Å². The molecule has 0 bridgehead atoms. The number of carbonyl (C=O) groups is 1. The molecule has 1 saturated heterocycles. The van der Waals surface area contributed by atoms with Gasteiger partial charge in [0.15, 0.2) is 0 Å². The van der Waals surface area contributed by atoms with Crippen LogP contribution in [0.2, 0.25) is 0 Å². The van der Waals surface area contributed by atoms with Crippen LogP contribution in [-0.2, 0) is 9.53 Å². The number of morpholine rings is 1. The fourth-order valence-electron chi connectivity index (χ4n) is 2.14. The van der Waals surface area contributed by atoms with Crippen LogP contribution in [0.25, 0.3) is 0 Å². The highest BCUT2D eigenvalue weighted by Crippen LogP contribution is 2.04. The van der Waals surface area contributed by atoms with Gasteiger partial charge in [0, 0.05) is 25.7 Å². The lowest BCUT2D eigenvalue weighted by atomic mass is 10.0. The highest BCUT2D eigenvalue weighted by atomic mass is 16.5. The molecule has 0 aromatic rings. The molecule has 2 atom stereocenters. The van der Waals surface area contributed by atoms with Gasteiger partial charge in [-0.15, -0.1) is 0 Å². The quantitative estimate of drug-likeness (QED) is 0.713. The summed E-state index contributed by atoms with van der Waals surface area (Å²) in [5.41, 5.74) is 5.84. The molecule has 5 heteroatoms. The maximum absolute atomic E-state index is 11.8. The molecule has 0 aliphatic carbocycles. The van der Waals surface area contributed by atoms with Crippen molar-refractivity contribution in [3.05, 3.63) is 0 Å². The Morgan fingerprint density at radius 3 is 2.50 bits per heavy atom. The Morgan fingerprint density at radius 2 is 1.94 bits per heavy atom. The molecule has 0 aromatic carbocycles. The number of nitrogens with zero attached hydrogens (tertiary/aromatic N) is 1. The maximum atomic E-state index is 11.8. The Kier molecular flexibility index (Phi) is 6.60. The first kappa shape index (κ1) is 15.4. The molecule has 5 nitrogen and oxygen atoms in total. The number of hydrogen-bond donors (Lipinski definition) is 2. The fourth-order valence-corrected chi connectivity index (χ4v) is 2.14. The van der Waals surface area contributed by atoms with Gasteiger partial charge in [0.2, 0.25) is 5.91 Å². The zero-order chi connectivity index (χ0) is 13.5. The van der Waals surface area contributed by atoms with E-state index < -0.39 is 0 Å². The molecule has 106 valence electrons. The van der Waals surface area contributed by atoms with Gasteiger partial charge in [-0.2, -0.15) is 0 Å². The average Bonchev–Trinajstić information content (AvgIpc) is 2.35. The van der Waals surface area contributed by atoms with Gasteiger partial charge in [-0.1, -0.05) is 13.8 Å². The maximum Gasteiger partial charge on any atom is 0.236 e. The SMILES string of the molecule is CC(C)C[C@H](N)C(=O)NCC(C)N1CCOCC1. The summed E-state index contributed by atoms with van der Waals surface area (Å²) in [5.74, 6) is 0.409. The van der Waals surface area contributed by atoms with Crippen LogP contribution in [0.15, 0.2) is 0 Å². The lowest BCUT2D eigenvalue weighted by Crippen LogP contribution is -2.50. The summed E-state index contributed by atoms with van der Waals surface area (Å²) in [7, 11) is 0. The number of nitrogens with two attached hydrogens (primary N) is 1. The van der Waals surface area contributed by atoms with E-state index in [1.807, 2.05) is 0 Å². The van der Waals surface area contributed by atoms with Gasteiger partial charge in [-0.05, 0) is 19.3 Å². The molecule has 1 aliphatic rings. The first-order valence-electron chi connectivity index (χ1n) is 6.85. The molecule has 1 fully saturated rings. The van der Waals surface area contributed by atoms with E-state index in [1.165, 1.54) is 0 Å². The van der Waals surface area contributed by atoms with Crippen LogP contribution >= 0.6 is 0 Å². The Bertz CT molecular complexity index is 253. The number of nitrogens with one attached hydrogen (secondary N) is 1. The molecule has 0 saturated carbocycles. The van der Waals surface area contributed by atoms with Gasteiger partial charge in [-0.3, -0.25) is 9.69 Å². The van der Waals surface area contributed by atoms with Crippen LogP contribution in [0.1, 0.15) is 27.2 Å². The number of carbonyl (C=O) groups excluding carboxylic acids is 1. The van der Waals surface area contributed by atoms with Gasteiger partial charge >= 0.3 is 0 Å². The summed E-state index contributed by atoms with van der Waals surface area (Å²) < 4.78 is 5.31. The summed E-state index contributed by atoms with van der Waals surface area (Å²) in [6.45, 7) is 10.4. The monoisotopic (exact) mass is 257 g/mol. The van der Waals surface area contributed by atoms with Crippen molar-refractivity contribution < 1.29 is 9.53 Å². The van der Waals surface area contributed by atoms with Crippen LogP contribution in [0.4, 0.5) is 0 Å². The van der Waals surface area contributed by atoms with Gasteiger partial charge in [0.25, 0.3) is 0 Å². The Hall–Kier alpha value is -0.650. The lowest BCUT2D eigenvalue weighted by Gasteiger charge is -2.32. The van der Waals surface area contributed by atoms with E-state index in [0.29, 0.717) is 18.5 Å². The standard InChI is InChI=1S/C13H27N3O2/c1-10(2)8-12(14)13(17)15-9-11(3)16-4-6-18-7-5-16/h10-12H,4-9,14H2,1-3H3,(H,15,17)/t11?,12-/m0/s1. The molecule has 1 amide bonds. The van der Waals surface area contributed by atoms with Crippen molar-refractivity contribution in [3.8, 4) is 0 Å². The minimum absolute atomic E-state index is 0.0381. The predicted octanol–water partition coefficient (Wildman–Crippen LogP) is 0.197. The van der Waals surface area contributed by atoms with Crippen LogP contribution < -0.4 is 11.1 Å². The molecule has 3 N–H and O–H groups in total. The molecule has 0 radical (unpaired) electrons.